The molecule has 1 aromatic carbocycles. The summed E-state index contributed by atoms with van der Waals surface area (Å²) in [7, 11) is 0. The van der Waals surface area contributed by atoms with Crippen molar-refractivity contribution in [3.63, 3.8) is 0 Å². The number of hydrazine groups is 1. The number of benzene rings is 1. The van der Waals surface area contributed by atoms with Crippen molar-refractivity contribution in [1.82, 2.24) is 5.43 Å². The molecule has 1 aliphatic carbocycles. The van der Waals surface area contributed by atoms with Crippen molar-refractivity contribution in [2.24, 2.45) is 10.8 Å². The van der Waals surface area contributed by atoms with E-state index in [2.05, 4.69) is 15.7 Å². The molecule has 0 unspecified atom stereocenters. The van der Waals surface area contributed by atoms with E-state index in [1.807, 2.05) is 0 Å². The summed E-state index contributed by atoms with van der Waals surface area (Å²) in [4.78, 5) is 4.95. The first-order valence-electron chi connectivity index (χ1n) is 6.54. The molecule has 1 fully saturated rings. The number of hydrogen-bond donors (Lipinski definition) is 3. The Morgan fingerprint density at radius 2 is 2.00 bits per heavy atom. The lowest BCUT2D eigenvalue weighted by atomic mass is 10.3. The molecule has 0 radical (unpaired) electrons. The molecule has 0 saturated heterocycles. The van der Waals surface area contributed by atoms with Gasteiger partial charge >= 0.3 is 0 Å². The number of para-hydroxylation sites is 1. The Morgan fingerprint density at radius 1 is 1.30 bits per heavy atom. The monoisotopic (exact) mass is 300 g/mol. The summed E-state index contributed by atoms with van der Waals surface area (Å²) >= 11 is 0.501. The minimum atomic E-state index is -2.46. The van der Waals surface area contributed by atoms with Crippen LogP contribution in [0.25, 0.3) is 0 Å². The highest BCUT2D eigenvalue weighted by Crippen LogP contribution is 2.31. The first-order valence-corrected chi connectivity index (χ1v) is 7.42. The highest BCUT2D eigenvalue weighted by molar-refractivity contribution is 7.99. The van der Waals surface area contributed by atoms with E-state index in [0.717, 1.165) is 12.8 Å². The number of thioether (sulfide) groups is 1. The predicted octanol–water partition coefficient (Wildman–Crippen LogP) is 3.18. The first kappa shape index (κ1) is 15.1. The standard InChI is InChI=1S/C13H18F2N4S/c14-12(15)20-11-8-4-3-7-10(11)18-13(19-16)17-9-5-1-2-6-9/h3-4,7-9,12H,1-2,5-6,16H2,(H2,17,18,19). The van der Waals surface area contributed by atoms with E-state index in [4.69, 9.17) is 5.84 Å². The first-order chi connectivity index (χ1) is 9.69. The van der Waals surface area contributed by atoms with Gasteiger partial charge in [-0.2, -0.15) is 8.78 Å². The van der Waals surface area contributed by atoms with E-state index in [9.17, 15) is 8.78 Å². The SMILES string of the molecule is NNC(=NC1CCCC1)Nc1ccccc1SC(F)F. The zero-order chi connectivity index (χ0) is 14.4. The molecule has 0 spiro atoms. The Balaban J connectivity index is 2.10. The molecule has 1 saturated carbocycles. The molecule has 110 valence electrons. The van der Waals surface area contributed by atoms with Gasteiger partial charge in [0.2, 0.25) is 5.96 Å². The van der Waals surface area contributed by atoms with Gasteiger partial charge in [-0.25, -0.2) is 10.8 Å². The van der Waals surface area contributed by atoms with Crippen LogP contribution in [-0.4, -0.2) is 17.8 Å². The van der Waals surface area contributed by atoms with Gasteiger partial charge in [0.15, 0.2) is 0 Å². The number of nitrogens with one attached hydrogen (secondary N) is 2. The average Bonchev–Trinajstić information content (AvgIpc) is 2.92. The van der Waals surface area contributed by atoms with Gasteiger partial charge in [-0.3, -0.25) is 5.43 Å². The number of rotatable bonds is 4. The van der Waals surface area contributed by atoms with Crippen molar-refractivity contribution in [3.8, 4) is 0 Å². The van der Waals surface area contributed by atoms with Crippen LogP contribution in [0.3, 0.4) is 0 Å². The van der Waals surface area contributed by atoms with Gasteiger partial charge in [-0.1, -0.05) is 36.7 Å². The average molecular weight is 300 g/mol. The summed E-state index contributed by atoms with van der Waals surface area (Å²) < 4.78 is 25.0. The van der Waals surface area contributed by atoms with Gasteiger partial charge < -0.3 is 5.32 Å². The van der Waals surface area contributed by atoms with E-state index in [1.54, 1.807) is 24.3 Å². The molecule has 0 bridgehead atoms. The number of hydrogen-bond acceptors (Lipinski definition) is 3. The molecule has 1 aromatic rings. The van der Waals surface area contributed by atoms with E-state index < -0.39 is 5.76 Å². The Morgan fingerprint density at radius 3 is 2.65 bits per heavy atom. The fourth-order valence-corrected chi connectivity index (χ4v) is 2.81. The van der Waals surface area contributed by atoms with Crippen molar-refractivity contribution in [1.29, 1.82) is 0 Å². The Bertz CT molecular complexity index is 461. The molecule has 0 amide bonds. The van der Waals surface area contributed by atoms with Crippen molar-refractivity contribution < 1.29 is 8.78 Å². The van der Waals surface area contributed by atoms with Crippen molar-refractivity contribution in [3.05, 3.63) is 24.3 Å². The Hall–Kier alpha value is -1.34. The lowest BCUT2D eigenvalue weighted by molar-refractivity contribution is 0.252. The zero-order valence-corrected chi connectivity index (χ0v) is 11.8. The maximum atomic E-state index is 12.5. The summed E-state index contributed by atoms with van der Waals surface area (Å²) in [6, 6.07) is 7.12. The Labute approximate surface area is 121 Å². The second kappa shape index (κ2) is 7.44. The van der Waals surface area contributed by atoms with Crippen molar-refractivity contribution >= 4 is 23.4 Å². The van der Waals surface area contributed by atoms with Gasteiger partial charge in [0, 0.05) is 4.90 Å². The second-order valence-electron chi connectivity index (χ2n) is 4.56. The second-order valence-corrected chi connectivity index (χ2v) is 5.59. The van der Waals surface area contributed by atoms with Crippen LogP contribution >= 0.6 is 11.8 Å². The topological polar surface area (TPSA) is 62.4 Å². The molecule has 0 heterocycles. The quantitative estimate of drug-likeness (QED) is 0.263. The summed E-state index contributed by atoms with van der Waals surface area (Å²) in [5.74, 6) is 3.41. The third-order valence-corrected chi connectivity index (χ3v) is 3.92. The minimum Gasteiger partial charge on any atom is -0.324 e. The predicted molar refractivity (Wildman–Crippen MR) is 78.9 cm³/mol. The number of alkyl halides is 2. The highest BCUT2D eigenvalue weighted by Gasteiger charge is 2.15. The number of nitrogens with two attached hydrogens (primary N) is 1. The van der Waals surface area contributed by atoms with Crippen LogP contribution in [0.4, 0.5) is 14.5 Å². The Kier molecular flexibility index (Phi) is 5.60. The van der Waals surface area contributed by atoms with Gasteiger partial charge in [-0.05, 0) is 25.0 Å². The van der Waals surface area contributed by atoms with Gasteiger partial charge in [0.05, 0.1) is 11.7 Å². The molecular formula is C13H18F2N4S. The molecule has 4 N–H and O–H groups in total. The number of halogens is 2. The van der Waals surface area contributed by atoms with Crippen LogP contribution in [0.1, 0.15) is 25.7 Å². The third-order valence-electron chi connectivity index (χ3n) is 3.13. The summed E-state index contributed by atoms with van der Waals surface area (Å²) in [6.07, 6.45) is 4.42. The van der Waals surface area contributed by atoms with Crippen LogP contribution in [0.2, 0.25) is 0 Å². The van der Waals surface area contributed by atoms with Crippen LogP contribution in [0.15, 0.2) is 34.2 Å². The molecular weight excluding hydrogens is 282 g/mol. The fraction of sp³-hybridized carbons (Fsp3) is 0.462. The maximum absolute atomic E-state index is 12.5. The molecule has 0 atom stereocenters. The van der Waals surface area contributed by atoms with Crippen molar-refractivity contribution in [2.45, 2.75) is 42.4 Å². The summed E-state index contributed by atoms with van der Waals surface area (Å²) in [6.45, 7) is 0. The molecule has 20 heavy (non-hydrogen) atoms. The van der Waals surface area contributed by atoms with E-state index in [-0.39, 0.29) is 6.04 Å². The summed E-state index contributed by atoms with van der Waals surface area (Å²) in [5.41, 5.74) is 3.08. The zero-order valence-electron chi connectivity index (χ0n) is 11.0. The van der Waals surface area contributed by atoms with E-state index >= 15 is 0 Å². The van der Waals surface area contributed by atoms with Gasteiger partial charge in [-0.15, -0.1) is 0 Å². The number of nitrogens with zero attached hydrogens (tertiary/aromatic N) is 1. The van der Waals surface area contributed by atoms with Crippen LogP contribution in [-0.2, 0) is 0 Å². The molecule has 1 aliphatic rings. The van der Waals surface area contributed by atoms with Crippen molar-refractivity contribution in [2.75, 3.05) is 5.32 Å². The molecule has 0 aromatic heterocycles. The van der Waals surface area contributed by atoms with Gasteiger partial charge in [0.1, 0.15) is 0 Å². The number of anilines is 1. The van der Waals surface area contributed by atoms with Crippen LogP contribution in [0, 0.1) is 0 Å². The van der Waals surface area contributed by atoms with Gasteiger partial charge in [0.25, 0.3) is 5.76 Å². The summed E-state index contributed by atoms with van der Waals surface area (Å²) in [5, 5.41) is 2.99. The van der Waals surface area contributed by atoms with E-state index in [1.165, 1.54) is 12.8 Å². The molecule has 7 heteroatoms. The number of aliphatic imine (C=N–C) groups is 1. The molecule has 0 aliphatic heterocycles. The maximum Gasteiger partial charge on any atom is 0.288 e. The third kappa shape index (κ3) is 4.35. The normalized spacial score (nSPS) is 16.7. The molecule has 2 rings (SSSR count). The minimum absolute atomic E-state index is 0.253. The lowest BCUT2D eigenvalue weighted by Gasteiger charge is -2.14. The molecule has 4 nitrogen and oxygen atoms in total. The van der Waals surface area contributed by atoms with Crippen LogP contribution in [0.5, 0.6) is 0 Å². The smallest absolute Gasteiger partial charge is 0.288 e. The highest BCUT2D eigenvalue weighted by atomic mass is 32.2. The lowest BCUT2D eigenvalue weighted by Crippen LogP contribution is -2.37. The fourth-order valence-electron chi connectivity index (χ4n) is 2.22. The number of guanidine groups is 1. The van der Waals surface area contributed by atoms with E-state index in [0.29, 0.717) is 28.3 Å². The van der Waals surface area contributed by atoms with Crippen LogP contribution < -0.4 is 16.6 Å². The largest absolute Gasteiger partial charge is 0.324 e.